The first-order valence-electron chi connectivity index (χ1n) is 8.52. The Hall–Kier alpha value is -2.42. The molecule has 0 spiro atoms. The van der Waals surface area contributed by atoms with E-state index in [1.807, 2.05) is 0 Å². The number of hydrogen-bond donors (Lipinski definition) is 1. The monoisotopic (exact) mass is 494 g/mol. The van der Waals surface area contributed by atoms with Crippen LogP contribution in [-0.2, 0) is 9.59 Å². The van der Waals surface area contributed by atoms with Gasteiger partial charge in [0.25, 0.3) is 11.8 Å². The fourth-order valence-electron chi connectivity index (χ4n) is 2.87. The zero-order valence-corrected chi connectivity index (χ0v) is 18.6. The van der Waals surface area contributed by atoms with Gasteiger partial charge in [0.2, 0.25) is 0 Å². The van der Waals surface area contributed by atoms with E-state index in [-0.39, 0.29) is 22.2 Å². The summed E-state index contributed by atoms with van der Waals surface area (Å²) < 4.78 is 5.51. The number of carbonyl (C=O) groups is 2. The number of hydrogen-bond acceptors (Lipinski definition) is 5. The van der Waals surface area contributed by atoms with E-state index < -0.39 is 11.8 Å². The topological polar surface area (TPSA) is 70.1 Å². The van der Waals surface area contributed by atoms with Crippen molar-refractivity contribution in [1.29, 1.82) is 0 Å². The lowest BCUT2D eigenvalue weighted by atomic mass is 10.1. The van der Waals surface area contributed by atoms with Crippen LogP contribution in [0.3, 0.4) is 0 Å². The Morgan fingerprint density at radius 2 is 1.86 bits per heavy atom. The number of methoxy groups -OCH3 is 1. The Balaban J connectivity index is 2.12. The molecule has 2 amide bonds. The Morgan fingerprint density at radius 3 is 2.45 bits per heavy atom. The number of phenolic OH excluding ortho intramolecular Hbond substituents is 1. The third kappa shape index (κ3) is 4.01. The molecule has 6 nitrogen and oxygen atoms in total. The number of rotatable bonds is 4. The molecule has 0 radical (unpaired) electrons. The fraction of sp³-hybridized carbons (Fsp3) is 0.150. The zero-order chi connectivity index (χ0) is 21.3. The molecule has 0 atom stereocenters. The Kier molecular flexibility index (Phi) is 6.26. The summed E-state index contributed by atoms with van der Waals surface area (Å²) in [5, 5.41) is 10.6. The van der Waals surface area contributed by atoms with Crippen LogP contribution in [0.25, 0.3) is 6.08 Å². The summed E-state index contributed by atoms with van der Waals surface area (Å²) >= 11 is 14.6. The van der Waals surface area contributed by atoms with Gasteiger partial charge in [-0.3, -0.25) is 19.4 Å². The van der Waals surface area contributed by atoms with Crippen molar-refractivity contribution in [2.24, 2.45) is 0 Å². The highest BCUT2D eigenvalue weighted by molar-refractivity contribution is 9.10. The fourth-order valence-corrected chi connectivity index (χ4v) is 3.86. The van der Waals surface area contributed by atoms with E-state index in [2.05, 4.69) is 15.9 Å². The van der Waals surface area contributed by atoms with Gasteiger partial charge in [-0.15, -0.1) is 0 Å². The van der Waals surface area contributed by atoms with Gasteiger partial charge in [0.15, 0.2) is 16.6 Å². The van der Waals surface area contributed by atoms with Crippen LogP contribution in [-0.4, -0.2) is 40.6 Å². The molecule has 2 aromatic rings. The molecule has 29 heavy (non-hydrogen) atoms. The Bertz CT molecular complexity index is 1040. The lowest BCUT2D eigenvalue weighted by Gasteiger charge is -2.36. The first-order chi connectivity index (χ1) is 13.8. The van der Waals surface area contributed by atoms with Crippen LogP contribution in [0.2, 0.25) is 5.02 Å². The predicted molar refractivity (Wildman–Crippen MR) is 119 cm³/mol. The number of phenols is 1. The van der Waals surface area contributed by atoms with Gasteiger partial charge >= 0.3 is 0 Å². The van der Waals surface area contributed by atoms with Gasteiger partial charge < -0.3 is 9.84 Å². The van der Waals surface area contributed by atoms with Crippen molar-refractivity contribution in [3.05, 3.63) is 57.0 Å². The minimum Gasteiger partial charge on any atom is -0.503 e. The molecule has 0 unspecified atom stereocenters. The molecule has 1 saturated heterocycles. The molecular formula is C20H16BrClN2O4S. The molecule has 0 saturated carbocycles. The minimum atomic E-state index is -0.546. The number of carbonyl (C=O) groups excluding carboxylic acids is 2. The summed E-state index contributed by atoms with van der Waals surface area (Å²) in [6.07, 6.45) is 1.45. The van der Waals surface area contributed by atoms with Gasteiger partial charge in [-0.05, 0) is 83.1 Å². The number of likely N-dealkylation sites (N-methyl/N-ethyl adjacent to an activating group) is 1. The molecule has 2 aromatic carbocycles. The minimum absolute atomic E-state index is 0.0601. The second-order valence-electron chi connectivity index (χ2n) is 6.06. The van der Waals surface area contributed by atoms with E-state index in [0.717, 1.165) is 0 Å². The van der Waals surface area contributed by atoms with E-state index >= 15 is 0 Å². The largest absolute Gasteiger partial charge is 0.503 e. The second-order valence-corrected chi connectivity index (χ2v) is 7.72. The standard InChI is InChI=1S/C20H16BrClN2O4S/c1-3-23-18(26)14(8-11-9-15(21)17(25)16(10-11)28-2)19(27)24(20(23)29)13-6-4-12(22)5-7-13/h4-10,25H,3H2,1-2H3. The van der Waals surface area contributed by atoms with E-state index in [9.17, 15) is 14.7 Å². The SMILES string of the molecule is CCN1C(=O)C(=Cc2cc(Br)c(O)c(OC)c2)C(=O)N(c2ccc(Cl)cc2)C1=S. The van der Waals surface area contributed by atoms with Crippen LogP contribution in [0.5, 0.6) is 11.5 Å². The van der Waals surface area contributed by atoms with Crippen LogP contribution in [0.4, 0.5) is 5.69 Å². The van der Waals surface area contributed by atoms with Crippen LogP contribution in [0, 0.1) is 0 Å². The highest BCUT2D eigenvalue weighted by Crippen LogP contribution is 2.36. The summed E-state index contributed by atoms with van der Waals surface area (Å²) in [4.78, 5) is 28.8. The van der Waals surface area contributed by atoms with Crippen LogP contribution >= 0.6 is 39.7 Å². The number of amides is 2. The van der Waals surface area contributed by atoms with Crippen molar-refractivity contribution in [2.75, 3.05) is 18.6 Å². The van der Waals surface area contributed by atoms with E-state index in [4.69, 9.17) is 28.6 Å². The lowest BCUT2D eigenvalue weighted by Crippen LogP contribution is -2.56. The number of aromatic hydroxyl groups is 1. The molecule has 0 bridgehead atoms. The van der Waals surface area contributed by atoms with Crippen molar-refractivity contribution in [1.82, 2.24) is 4.90 Å². The van der Waals surface area contributed by atoms with Crippen molar-refractivity contribution < 1.29 is 19.4 Å². The number of halogens is 2. The highest BCUT2D eigenvalue weighted by atomic mass is 79.9. The summed E-state index contributed by atoms with van der Waals surface area (Å²) in [5.41, 5.74) is 0.948. The summed E-state index contributed by atoms with van der Waals surface area (Å²) in [7, 11) is 1.41. The third-order valence-electron chi connectivity index (χ3n) is 4.31. The van der Waals surface area contributed by atoms with Crippen LogP contribution in [0.1, 0.15) is 12.5 Å². The summed E-state index contributed by atoms with van der Waals surface area (Å²) in [6.45, 7) is 2.08. The molecule has 1 N–H and O–H groups in total. The number of ether oxygens (including phenoxy) is 1. The molecular weight excluding hydrogens is 480 g/mol. The molecule has 0 aliphatic carbocycles. The maximum atomic E-state index is 13.2. The van der Waals surface area contributed by atoms with Gasteiger partial charge in [-0.1, -0.05) is 11.6 Å². The van der Waals surface area contributed by atoms with Crippen LogP contribution < -0.4 is 9.64 Å². The first-order valence-corrected chi connectivity index (χ1v) is 10.1. The average Bonchev–Trinajstić information content (AvgIpc) is 2.69. The van der Waals surface area contributed by atoms with Crippen LogP contribution in [0.15, 0.2) is 46.4 Å². The first kappa shape index (κ1) is 21.3. The smallest absolute Gasteiger partial charge is 0.270 e. The van der Waals surface area contributed by atoms with Crippen molar-refractivity contribution in [3.63, 3.8) is 0 Å². The van der Waals surface area contributed by atoms with Crippen molar-refractivity contribution >= 4 is 68.4 Å². The number of nitrogens with zero attached hydrogens (tertiary/aromatic N) is 2. The zero-order valence-electron chi connectivity index (χ0n) is 15.5. The van der Waals surface area contributed by atoms with E-state index in [0.29, 0.717) is 27.3 Å². The second kappa shape index (κ2) is 8.52. The summed E-state index contributed by atoms with van der Waals surface area (Å²) in [5.74, 6) is -0.902. The average molecular weight is 496 g/mol. The van der Waals surface area contributed by atoms with Gasteiger partial charge in [0.1, 0.15) is 5.57 Å². The Labute approximate surface area is 186 Å². The number of anilines is 1. The molecule has 3 rings (SSSR count). The van der Waals surface area contributed by atoms with Gasteiger partial charge in [-0.2, -0.15) is 0 Å². The molecule has 1 aliphatic rings. The normalized spacial score (nSPS) is 16.0. The molecule has 150 valence electrons. The molecule has 1 fully saturated rings. The molecule has 1 heterocycles. The predicted octanol–water partition coefficient (Wildman–Crippen LogP) is 4.38. The molecule has 0 aromatic heterocycles. The summed E-state index contributed by atoms with van der Waals surface area (Å²) in [6, 6.07) is 9.72. The van der Waals surface area contributed by atoms with Crippen molar-refractivity contribution in [3.8, 4) is 11.5 Å². The van der Waals surface area contributed by atoms with Crippen molar-refractivity contribution in [2.45, 2.75) is 6.92 Å². The molecule has 1 aliphatic heterocycles. The maximum Gasteiger partial charge on any atom is 0.270 e. The quantitative estimate of drug-likeness (QED) is 0.387. The third-order valence-corrected chi connectivity index (χ3v) is 5.57. The molecule has 9 heteroatoms. The van der Waals surface area contributed by atoms with E-state index in [1.165, 1.54) is 29.1 Å². The number of thiocarbonyl (C=S) groups is 1. The lowest BCUT2D eigenvalue weighted by molar-refractivity contribution is -0.127. The van der Waals surface area contributed by atoms with E-state index in [1.54, 1.807) is 37.3 Å². The Morgan fingerprint density at radius 1 is 1.21 bits per heavy atom. The number of benzene rings is 2. The van der Waals surface area contributed by atoms with Gasteiger partial charge in [0.05, 0.1) is 17.3 Å². The van der Waals surface area contributed by atoms with Gasteiger partial charge in [-0.25, -0.2) is 0 Å². The van der Waals surface area contributed by atoms with Gasteiger partial charge in [0, 0.05) is 11.6 Å². The highest BCUT2D eigenvalue weighted by Gasteiger charge is 2.39. The maximum absolute atomic E-state index is 13.2.